The molecule has 1 atom stereocenters. The summed E-state index contributed by atoms with van der Waals surface area (Å²) in [4.78, 5) is 11.7. The van der Waals surface area contributed by atoms with Crippen LogP contribution >= 0.6 is 22.6 Å². The van der Waals surface area contributed by atoms with Crippen LogP contribution in [-0.4, -0.2) is 5.78 Å². The van der Waals surface area contributed by atoms with Gasteiger partial charge in [0.1, 0.15) is 0 Å². The number of ketones is 1. The normalized spacial score (nSPS) is 21.5. The van der Waals surface area contributed by atoms with Crippen molar-refractivity contribution < 1.29 is 4.79 Å². The average molecular weight is 301 g/mol. The molecule has 0 aliphatic heterocycles. The Balaban J connectivity index is 2.54. The second-order valence-corrected chi connectivity index (χ2v) is 5.13. The van der Waals surface area contributed by atoms with E-state index in [0.29, 0.717) is 10.3 Å². The Morgan fingerprint density at radius 1 is 1.43 bits per heavy atom. The maximum absolute atomic E-state index is 11.7. The summed E-state index contributed by atoms with van der Waals surface area (Å²) in [6.45, 7) is 0. The molecule has 0 aromatic heterocycles. The number of rotatable bonds is 0. The van der Waals surface area contributed by atoms with Crippen LogP contribution in [0.5, 0.6) is 0 Å². The molecule has 1 unspecified atom stereocenters. The van der Waals surface area contributed by atoms with Gasteiger partial charge in [-0.05, 0) is 36.6 Å². The summed E-state index contributed by atoms with van der Waals surface area (Å²) in [6.07, 6.45) is 2.74. The SMILES string of the molecule is Nc1ccc2c(c1)C(I)CCCC2=O. The third-order valence-corrected chi connectivity index (χ3v) is 3.87. The summed E-state index contributed by atoms with van der Waals surface area (Å²) >= 11 is 2.39. The molecule has 0 saturated heterocycles. The van der Waals surface area contributed by atoms with Crippen molar-refractivity contribution in [1.82, 2.24) is 0 Å². The standard InChI is InChI=1S/C11H12INO/c12-10-2-1-3-11(14)8-5-4-7(13)6-9(8)10/h4-6,10H,1-3,13H2. The van der Waals surface area contributed by atoms with Crippen molar-refractivity contribution in [3.63, 3.8) is 0 Å². The van der Waals surface area contributed by atoms with E-state index in [2.05, 4.69) is 22.6 Å². The maximum Gasteiger partial charge on any atom is 0.163 e. The first-order valence-corrected chi connectivity index (χ1v) is 6.00. The van der Waals surface area contributed by atoms with Gasteiger partial charge < -0.3 is 5.73 Å². The number of hydrogen-bond acceptors (Lipinski definition) is 2. The van der Waals surface area contributed by atoms with Gasteiger partial charge >= 0.3 is 0 Å². The third kappa shape index (κ3) is 1.78. The van der Waals surface area contributed by atoms with Crippen molar-refractivity contribution in [2.75, 3.05) is 5.73 Å². The summed E-state index contributed by atoms with van der Waals surface area (Å²) in [5, 5.41) is 0. The molecule has 1 aliphatic carbocycles. The Labute approximate surface area is 97.0 Å². The van der Waals surface area contributed by atoms with E-state index in [-0.39, 0.29) is 5.78 Å². The highest BCUT2D eigenvalue weighted by Gasteiger charge is 2.21. The molecule has 2 rings (SSSR count). The quantitative estimate of drug-likeness (QED) is 0.346. The Morgan fingerprint density at radius 2 is 2.21 bits per heavy atom. The number of nitrogen functional groups attached to an aromatic ring is 1. The second-order valence-electron chi connectivity index (χ2n) is 3.63. The Morgan fingerprint density at radius 3 is 3.00 bits per heavy atom. The average Bonchev–Trinajstić information content (AvgIpc) is 2.28. The van der Waals surface area contributed by atoms with Crippen LogP contribution in [0.4, 0.5) is 5.69 Å². The molecule has 1 aliphatic rings. The number of hydrogen-bond donors (Lipinski definition) is 1. The molecular formula is C11H12INO. The van der Waals surface area contributed by atoms with Gasteiger partial charge in [0.15, 0.2) is 5.78 Å². The summed E-state index contributed by atoms with van der Waals surface area (Å²) in [5.74, 6) is 0.263. The molecule has 2 N–H and O–H groups in total. The van der Waals surface area contributed by atoms with Crippen molar-refractivity contribution in [2.45, 2.75) is 23.2 Å². The molecule has 74 valence electrons. The van der Waals surface area contributed by atoms with E-state index >= 15 is 0 Å². The molecule has 1 aromatic rings. The summed E-state index contributed by atoms with van der Waals surface area (Å²) < 4.78 is 0.428. The van der Waals surface area contributed by atoms with E-state index in [0.717, 1.165) is 29.7 Å². The number of carbonyl (C=O) groups excluding carboxylic acids is 1. The Kier molecular flexibility index (Phi) is 2.76. The summed E-state index contributed by atoms with van der Waals surface area (Å²) in [5.41, 5.74) is 8.47. The number of alkyl halides is 1. The fourth-order valence-corrected chi connectivity index (χ4v) is 2.78. The fourth-order valence-electron chi connectivity index (χ4n) is 1.83. The van der Waals surface area contributed by atoms with Gasteiger partial charge in [-0.2, -0.15) is 0 Å². The van der Waals surface area contributed by atoms with Crippen molar-refractivity contribution in [3.8, 4) is 0 Å². The summed E-state index contributed by atoms with van der Waals surface area (Å²) in [7, 11) is 0. The van der Waals surface area contributed by atoms with Crippen LogP contribution < -0.4 is 5.73 Å². The van der Waals surface area contributed by atoms with Gasteiger partial charge in [0, 0.05) is 21.6 Å². The van der Waals surface area contributed by atoms with Gasteiger partial charge in [-0.3, -0.25) is 4.79 Å². The minimum absolute atomic E-state index is 0.263. The largest absolute Gasteiger partial charge is 0.399 e. The highest BCUT2D eigenvalue weighted by atomic mass is 127. The van der Waals surface area contributed by atoms with Gasteiger partial charge in [0.2, 0.25) is 0 Å². The monoisotopic (exact) mass is 301 g/mol. The number of Topliss-reactive ketones (excluding diaryl/α,β-unsaturated/α-hetero) is 1. The highest BCUT2D eigenvalue weighted by molar-refractivity contribution is 14.1. The molecule has 0 fully saturated rings. The van der Waals surface area contributed by atoms with Crippen molar-refractivity contribution >= 4 is 34.1 Å². The minimum Gasteiger partial charge on any atom is -0.399 e. The summed E-state index contributed by atoms with van der Waals surface area (Å²) in [6, 6.07) is 5.62. The molecule has 0 bridgehead atoms. The molecule has 0 spiro atoms. The van der Waals surface area contributed by atoms with Gasteiger partial charge in [0.25, 0.3) is 0 Å². The van der Waals surface area contributed by atoms with Crippen LogP contribution in [0.3, 0.4) is 0 Å². The lowest BCUT2D eigenvalue weighted by Gasteiger charge is -2.10. The van der Waals surface area contributed by atoms with Crippen LogP contribution in [0, 0.1) is 0 Å². The molecular weight excluding hydrogens is 289 g/mol. The molecule has 2 nitrogen and oxygen atoms in total. The number of halogens is 1. The first-order chi connectivity index (χ1) is 6.68. The van der Waals surface area contributed by atoms with Crippen molar-refractivity contribution in [1.29, 1.82) is 0 Å². The topological polar surface area (TPSA) is 43.1 Å². The van der Waals surface area contributed by atoms with E-state index in [1.165, 1.54) is 0 Å². The van der Waals surface area contributed by atoms with Crippen molar-refractivity contribution in [3.05, 3.63) is 29.3 Å². The lowest BCUT2D eigenvalue weighted by molar-refractivity contribution is 0.0982. The highest BCUT2D eigenvalue weighted by Crippen LogP contribution is 2.36. The van der Waals surface area contributed by atoms with Crippen LogP contribution in [-0.2, 0) is 0 Å². The van der Waals surface area contributed by atoms with E-state index < -0.39 is 0 Å². The van der Waals surface area contributed by atoms with Gasteiger partial charge in [-0.1, -0.05) is 22.6 Å². The number of anilines is 1. The number of benzene rings is 1. The number of fused-ring (bicyclic) bond motifs is 1. The van der Waals surface area contributed by atoms with Crippen LogP contribution in [0.15, 0.2) is 18.2 Å². The fraction of sp³-hybridized carbons (Fsp3) is 0.364. The van der Waals surface area contributed by atoms with E-state index in [4.69, 9.17) is 5.73 Å². The molecule has 0 radical (unpaired) electrons. The zero-order valence-electron chi connectivity index (χ0n) is 7.79. The van der Waals surface area contributed by atoms with Gasteiger partial charge in [-0.15, -0.1) is 0 Å². The van der Waals surface area contributed by atoms with Gasteiger partial charge in [-0.25, -0.2) is 0 Å². The first kappa shape index (κ1) is 9.96. The Bertz CT molecular complexity index is 376. The van der Waals surface area contributed by atoms with E-state index in [9.17, 15) is 4.79 Å². The van der Waals surface area contributed by atoms with Crippen LogP contribution in [0.1, 0.15) is 39.1 Å². The minimum atomic E-state index is 0.263. The predicted molar refractivity (Wildman–Crippen MR) is 65.8 cm³/mol. The molecule has 0 saturated carbocycles. The Hall–Kier alpha value is -0.580. The first-order valence-electron chi connectivity index (χ1n) is 4.75. The predicted octanol–water partition coefficient (Wildman–Crippen LogP) is 3.11. The molecule has 1 aromatic carbocycles. The lowest BCUT2D eigenvalue weighted by Crippen LogP contribution is -2.01. The van der Waals surface area contributed by atoms with Crippen LogP contribution in [0.2, 0.25) is 0 Å². The molecule has 0 amide bonds. The zero-order valence-corrected chi connectivity index (χ0v) is 9.95. The van der Waals surface area contributed by atoms with E-state index in [1.807, 2.05) is 18.2 Å². The number of carbonyl (C=O) groups is 1. The van der Waals surface area contributed by atoms with Crippen molar-refractivity contribution in [2.24, 2.45) is 0 Å². The second kappa shape index (κ2) is 3.88. The lowest BCUT2D eigenvalue weighted by atomic mass is 10.0. The third-order valence-electron chi connectivity index (χ3n) is 2.57. The molecule has 0 heterocycles. The smallest absolute Gasteiger partial charge is 0.163 e. The molecule has 14 heavy (non-hydrogen) atoms. The number of nitrogens with two attached hydrogens (primary N) is 1. The molecule has 3 heteroatoms. The van der Waals surface area contributed by atoms with E-state index in [1.54, 1.807) is 0 Å². The zero-order chi connectivity index (χ0) is 10.1. The van der Waals surface area contributed by atoms with Gasteiger partial charge in [0.05, 0.1) is 0 Å². The maximum atomic E-state index is 11.7. The van der Waals surface area contributed by atoms with Crippen LogP contribution in [0.25, 0.3) is 0 Å².